The van der Waals surface area contributed by atoms with Crippen molar-refractivity contribution in [3.63, 3.8) is 0 Å². The fourth-order valence-corrected chi connectivity index (χ4v) is 5.02. The van der Waals surface area contributed by atoms with Gasteiger partial charge in [-0.15, -0.1) is 0 Å². The molecule has 3 aliphatic rings. The minimum atomic E-state index is 0.322. The Morgan fingerprint density at radius 2 is 1.60 bits per heavy atom. The minimum Gasteiger partial charge on any atom is -0.497 e. The number of hydrogen-bond acceptors (Lipinski definition) is 4. The van der Waals surface area contributed by atoms with E-state index in [-0.39, 0.29) is 0 Å². The van der Waals surface area contributed by atoms with Crippen molar-refractivity contribution in [2.75, 3.05) is 26.8 Å². The summed E-state index contributed by atoms with van der Waals surface area (Å²) in [5.74, 6) is 0.922. The van der Waals surface area contributed by atoms with Gasteiger partial charge in [0.05, 0.1) is 13.2 Å². The summed E-state index contributed by atoms with van der Waals surface area (Å²) in [6, 6.07) is 20.5. The zero-order chi connectivity index (χ0) is 20.8. The number of nitrogens with zero attached hydrogens (tertiary/aromatic N) is 2. The maximum Gasteiger partial charge on any atom is 0.118 e. The molecule has 4 nitrogen and oxygen atoms in total. The molecule has 3 aliphatic heterocycles. The lowest BCUT2D eigenvalue weighted by Gasteiger charge is -2.51. The Kier molecular flexibility index (Phi) is 7.42. The molecule has 0 N–H and O–H groups in total. The monoisotopic (exact) mass is 408 g/mol. The highest BCUT2D eigenvalue weighted by molar-refractivity contribution is 5.27. The van der Waals surface area contributed by atoms with Gasteiger partial charge in [-0.25, -0.2) is 0 Å². The molecule has 2 bridgehead atoms. The van der Waals surface area contributed by atoms with Gasteiger partial charge in [-0.2, -0.15) is 0 Å². The Balaban J connectivity index is 1.52. The SMILES string of the molecule is CCCO[C@@H]1CCC[C@H]2CN(Cc3ccc(OC)cc3)[C@@H]1CN2Cc1ccccc1. The van der Waals surface area contributed by atoms with E-state index in [0.717, 1.165) is 45.0 Å². The third-order valence-corrected chi connectivity index (χ3v) is 6.62. The molecule has 4 heteroatoms. The predicted molar refractivity (Wildman–Crippen MR) is 122 cm³/mol. The molecule has 30 heavy (non-hydrogen) atoms. The van der Waals surface area contributed by atoms with E-state index in [9.17, 15) is 0 Å². The number of fused-ring (bicyclic) bond motifs is 5. The van der Waals surface area contributed by atoms with Crippen LogP contribution in [0.5, 0.6) is 5.75 Å². The van der Waals surface area contributed by atoms with Crippen LogP contribution in [0.3, 0.4) is 0 Å². The van der Waals surface area contributed by atoms with Gasteiger partial charge in [0.25, 0.3) is 0 Å². The summed E-state index contributed by atoms with van der Waals surface area (Å²) in [5, 5.41) is 0. The second-order valence-corrected chi connectivity index (χ2v) is 8.75. The van der Waals surface area contributed by atoms with Crippen LogP contribution >= 0.6 is 0 Å². The number of hydrogen-bond donors (Lipinski definition) is 0. The fourth-order valence-electron chi connectivity index (χ4n) is 5.02. The Hall–Kier alpha value is -1.88. The van der Waals surface area contributed by atoms with E-state index in [0.29, 0.717) is 18.2 Å². The summed E-state index contributed by atoms with van der Waals surface area (Å²) in [7, 11) is 1.73. The highest BCUT2D eigenvalue weighted by atomic mass is 16.5. The van der Waals surface area contributed by atoms with E-state index in [1.807, 2.05) is 0 Å². The van der Waals surface area contributed by atoms with E-state index in [4.69, 9.17) is 9.47 Å². The molecule has 5 rings (SSSR count). The Morgan fingerprint density at radius 1 is 0.867 bits per heavy atom. The van der Waals surface area contributed by atoms with Crippen LogP contribution in [-0.4, -0.2) is 54.8 Å². The molecular formula is C26H36N2O2. The normalized spacial score (nSPS) is 25.1. The van der Waals surface area contributed by atoms with Gasteiger partial charge in [-0.1, -0.05) is 49.4 Å². The van der Waals surface area contributed by atoms with Gasteiger partial charge in [0.2, 0.25) is 0 Å². The summed E-state index contributed by atoms with van der Waals surface area (Å²) in [6.45, 7) is 7.30. The number of ether oxygens (including phenoxy) is 2. The molecule has 3 heterocycles. The summed E-state index contributed by atoms with van der Waals surface area (Å²) in [4.78, 5) is 5.40. The van der Waals surface area contributed by atoms with Crippen molar-refractivity contribution in [3.8, 4) is 5.75 Å². The van der Waals surface area contributed by atoms with Crippen molar-refractivity contribution in [2.45, 2.75) is 63.9 Å². The molecular weight excluding hydrogens is 372 g/mol. The summed E-state index contributed by atoms with van der Waals surface area (Å²) in [6.07, 6.45) is 5.10. The molecule has 162 valence electrons. The van der Waals surface area contributed by atoms with Gasteiger partial charge in [-0.3, -0.25) is 9.80 Å². The molecule has 0 unspecified atom stereocenters. The van der Waals surface area contributed by atoms with E-state index >= 15 is 0 Å². The Labute approximate surface area is 181 Å². The molecule has 0 spiro atoms. The molecule has 0 aliphatic carbocycles. The van der Waals surface area contributed by atoms with Gasteiger partial charge < -0.3 is 9.47 Å². The molecule has 2 aromatic carbocycles. The van der Waals surface area contributed by atoms with Crippen molar-refractivity contribution in [1.29, 1.82) is 0 Å². The van der Waals surface area contributed by atoms with E-state index in [1.165, 1.54) is 30.4 Å². The lowest BCUT2D eigenvalue weighted by molar-refractivity contribution is -0.0858. The lowest BCUT2D eigenvalue weighted by Crippen LogP contribution is -2.62. The topological polar surface area (TPSA) is 24.9 Å². The molecule has 0 saturated carbocycles. The molecule has 3 saturated heterocycles. The van der Waals surface area contributed by atoms with Gasteiger partial charge >= 0.3 is 0 Å². The summed E-state index contributed by atoms with van der Waals surface area (Å²) >= 11 is 0. The molecule has 3 fully saturated rings. The van der Waals surface area contributed by atoms with Crippen LogP contribution < -0.4 is 4.74 Å². The third-order valence-electron chi connectivity index (χ3n) is 6.62. The van der Waals surface area contributed by atoms with Gasteiger partial charge in [-0.05, 0) is 48.9 Å². The van der Waals surface area contributed by atoms with Crippen molar-refractivity contribution < 1.29 is 9.47 Å². The van der Waals surface area contributed by atoms with Crippen molar-refractivity contribution in [1.82, 2.24) is 9.80 Å². The first kappa shape index (κ1) is 21.4. The smallest absolute Gasteiger partial charge is 0.118 e. The Morgan fingerprint density at radius 3 is 2.33 bits per heavy atom. The number of benzene rings is 2. The van der Waals surface area contributed by atoms with E-state index in [2.05, 4.69) is 71.3 Å². The van der Waals surface area contributed by atoms with Gasteiger partial charge in [0, 0.05) is 44.9 Å². The molecule has 2 aromatic rings. The molecule has 0 radical (unpaired) electrons. The summed E-state index contributed by atoms with van der Waals surface area (Å²) in [5.41, 5.74) is 2.77. The zero-order valence-corrected chi connectivity index (χ0v) is 18.5. The quantitative estimate of drug-likeness (QED) is 0.630. The van der Waals surface area contributed by atoms with Crippen molar-refractivity contribution in [3.05, 3.63) is 65.7 Å². The van der Waals surface area contributed by atoms with Crippen LogP contribution in [0.1, 0.15) is 43.7 Å². The first-order valence-electron chi connectivity index (χ1n) is 11.5. The maximum atomic E-state index is 6.41. The van der Waals surface area contributed by atoms with Crippen LogP contribution in [0.25, 0.3) is 0 Å². The second-order valence-electron chi connectivity index (χ2n) is 8.75. The van der Waals surface area contributed by atoms with Crippen LogP contribution in [-0.2, 0) is 17.8 Å². The van der Waals surface area contributed by atoms with Crippen LogP contribution in [0, 0.1) is 0 Å². The highest BCUT2D eigenvalue weighted by Crippen LogP contribution is 2.31. The first-order valence-corrected chi connectivity index (χ1v) is 11.5. The Bertz CT molecular complexity index is 762. The minimum absolute atomic E-state index is 0.322. The highest BCUT2D eigenvalue weighted by Gasteiger charge is 2.40. The lowest BCUT2D eigenvalue weighted by atomic mass is 9.90. The maximum absolute atomic E-state index is 6.41. The molecule has 0 aromatic heterocycles. The van der Waals surface area contributed by atoms with Crippen LogP contribution in [0.2, 0.25) is 0 Å². The van der Waals surface area contributed by atoms with Crippen molar-refractivity contribution >= 4 is 0 Å². The second kappa shape index (κ2) is 10.4. The number of methoxy groups -OCH3 is 1. The average Bonchev–Trinajstić information content (AvgIpc) is 2.77. The van der Waals surface area contributed by atoms with Crippen LogP contribution in [0.4, 0.5) is 0 Å². The standard InChI is InChI=1S/C26H36N2O2/c1-3-16-30-26-11-7-10-23-19-28(18-22-12-14-24(29-2)15-13-22)25(26)20-27(23)17-21-8-5-4-6-9-21/h4-6,8-9,12-15,23,25-26H,3,7,10-11,16-20H2,1-2H3/t23-,25+,26+/m0/s1. The van der Waals surface area contributed by atoms with Gasteiger partial charge in [0.1, 0.15) is 5.75 Å². The average molecular weight is 409 g/mol. The third kappa shape index (κ3) is 5.23. The largest absolute Gasteiger partial charge is 0.497 e. The first-order chi connectivity index (χ1) is 14.8. The van der Waals surface area contributed by atoms with Crippen molar-refractivity contribution in [2.24, 2.45) is 0 Å². The van der Waals surface area contributed by atoms with E-state index < -0.39 is 0 Å². The number of piperazine rings is 1. The van der Waals surface area contributed by atoms with E-state index in [1.54, 1.807) is 7.11 Å². The summed E-state index contributed by atoms with van der Waals surface area (Å²) < 4.78 is 11.7. The van der Waals surface area contributed by atoms with Gasteiger partial charge in [0.15, 0.2) is 0 Å². The molecule has 0 amide bonds. The molecule has 3 atom stereocenters. The van der Waals surface area contributed by atoms with Crippen LogP contribution in [0.15, 0.2) is 54.6 Å². The zero-order valence-electron chi connectivity index (χ0n) is 18.5. The fraction of sp³-hybridized carbons (Fsp3) is 0.538. The predicted octanol–water partition coefficient (Wildman–Crippen LogP) is 4.73. The number of rotatable bonds is 8.